The van der Waals surface area contributed by atoms with Crippen LogP contribution in [-0.4, -0.2) is 9.55 Å². The van der Waals surface area contributed by atoms with Crippen LogP contribution >= 0.6 is 0 Å². The predicted octanol–water partition coefficient (Wildman–Crippen LogP) is 14.0. The topological polar surface area (TPSA) is 17.8 Å². The minimum Gasteiger partial charge on any atom is -0.292 e. The Labute approximate surface area is 368 Å². The van der Waals surface area contributed by atoms with Gasteiger partial charge in [0.15, 0.2) is 0 Å². The van der Waals surface area contributed by atoms with Crippen molar-refractivity contribution in [3.63, 3.8) is 0 Å². The number of fused-ring (bicyclic) bond motifs is 2. The summed E-state index contributed by atoms with van der Waals surface area (Å²) in [5, 5.41) is 2.77. The Hall–Kier alpha value is -6.25. The van der Waals surface area contributed by atoms with Gasteiger partial charge in [-0.25, -0.2) is 4.98 Å². The molecule has 62 heavy (non-hydrogen) atoms. The van der Waals surface area contributed by atoms with Crippen molar-refractivity contribution in [1.82, 2.24) is 9.55 Å². The molecule has 4 aliphatic rings. The molecule has 1 aromatic heterocycles. The van der Waals surface area contributed by atoms with Gasteiger partial charge in [-0.2, -0.15) is 0 Å². The highest BCUT2D eigenvalue weighted by Gasteiger charge is 2.40. The SMILES string of the molecule is C/C=C1/C(C2=CC=CCC2(C)c2ccccc2)=c2cc(-c3ccc(-c4nc5ccccc5n4-c4ccccc4)cc3)ccc2=C(C2=CCC(C)CC2C2=CC=CC(C)C2)C1CC. The fraction of sp³-hybridized carbons (Fsp3) is 0.250. The quantitative estimate of drug-likeness (QED) is 0.150. The molecule has 5 aromatic carbocycles. The molecule has 0 fully saturated rings. The lowest BCUT2D eigenvalue weighted by Gasteiger charge is -2.41. The van der Waals surface area contributed by atoms with Crippen LogP contribution in [0.4, 0.5) is 0 Å². The Balaban J connectivity index is 1.20. The summed E-state index contributed by atoms with van der Waals surface area (Å²) < 4.78 is 2.29. The van der Waals surface area contributed by atoms with E-state index in [1.165, 1.54) is 50.3 Å². The Bertz CT molecular complexity index is 2980. The molecular formula is C60H58N2. The Morgan fingerprint density at radius 3 is 2.26 bits per heavy atom. The van der Waals surface area contributed by atoms with E-state index in [1.807, 2.05) is 0 Å². The maximum atomic E-state index is 5.18. The van der Waals surface area contributed by atoms with Gasteiger partial charge in [0.25, 0.3) is 0 Å². The van der Waals surface area contributed by atoms with Gasteiger partial charge in [-0.3, -0.25) is 4.57 Å². The third-order valence-corrected chi connectivity index (χ3v) is 14.4. The van der Waals surface area contributed by atoms with Crippen molar-refractivity contribution >= 4 is 22.2 Å². The van der Waals surface area contributed by atoms with Crippen LogP contribution in [0.5, 0.6) is 0 Å². The van der Waals surface area contributed by atoms with Gasteiger partial charge in [0, 0.05) is 28.5 Å². The summed E-state index contributed by atoms with van der Waals surface area (Å²) in [7, 11) is 0. The number of para-hydroxylation sites is 3. The largest absolute Gasteiger partial charge is 0.292 e. The van der Waals surface area contributed by atoms with Gasteiger partial charge in [-0.1, -0.05) is 179 Å². The number of hydrogen-bond acceptors (Lipinski definition) is 1. The molecular weight excluding hydrogens is 749 g/mol. The van der Waals surface area contributed by atoms with Crippen molar-refractivity contribution in [3.8, 4) is 28.2 Å². The maximum absolute atomic E-state index is 5.18. The minimum atomic E-state index is -0.175. The molecule has 0 amide bonds. The number of nitrogens with zero attached hydrogens (tertiary/aromatic N) is 2. The van der Waals surface area contributed by atoms with E-state index in [1.54, 1.807) is 16.7 Å². The van der Waals surface area contributed by atoms with Crippen molar-refractivity contribution in [2.24, 2.45) is 23.7 Å². The zero-order chi connectivity index (χ0) is 42.4. The van der Waals surface area contributed by atoms with Gasteiger partial charge in [0.05, 0.1) is 11.0 Å². The number of hydrogen-bond donors (Lipinski definition) is 0. The smallest absolute Gasteiger partial charge is 0.145 e. The highest BCUT2D eigenvalue weighted by atomic mass is 15.1. The molecule has 5 unspecified atom stereocenters. The zero-order valence-electron chi connectivity index (χ0n) is 37.0. The van der Waals surface area contributed by atoms with Crippen LogP contribution in [0.1, 0.15) is 72.3 Å². The highest BCUT2D eigenvalue weighted by Crippen LogP contribution is 2.50. The van der Waals surface area contributed by atoms with Crippen LogP contribution in [-0.2, 0) is 5.41 Å². The lowest BCUT2D eigenvalue weighted by atomic mass is 9.62. The number of rotatable bonds is 8. The summed E-state index contributed by atoms with van der Waals surface area (Å²) in [6, 6.07) is 46.8. The van der Waals surface area contributed by atoms with E-state index in [0.29, 0.717) is 23.7 Å². The lowest BCUT2D eigenvalue weighted by molar-refractivity contribution is 0.434. The summed E-state index contributed by atoms with van der Waals surface area (Å²) >= 11 is 0. The first-order chi connectivity index (χ1) is 30.4. The van der Waals surface area contributed by atoms with E-state index in [9.17, 15) is 0 Å². The number of imidazole rings is 1. The molecule has 2 heteroatoms. The van der Waals surface area contributed by atoms with Crippen molar-refractivity contribution < 1.29 is 0 Å². The third-order valence-electron chi connectivity index (χ3n) is 14.4. The van der Waals surface area contributed by atoms with Crippen molar-refractivity contribution in [2.45, 2.75) is 72.1 Å². The van der Waals surface area contributed by atoms with Gasteiger partial charge >= 0.3 is 0 Å². The van der Waals surface area contributed by atoms with Gasteiger partial charge in [-0.05, 0) is 136 Å². The van der Waals surface area contributed by atoms with Crippen LogP contribution in [0.2, 0.25) is 0 Å². The third kappa shape index (κ3) is 6.94. The maximum Gasteiger partial charge on any atom is 0.145 e. The minimum absolute atomic E-state index is 0.175. The first-order valence-electron chi connectivity index (χ1n) is 23.1. The molecule has 6 aromatic rings. The average Bonchev–Trinajstić information content (AvgIpc) is 3.71. The first kappa shape index (κ1) is 39.9. The Kier molecular flexibility index (Phi) is 10.6. The Morgan fingerprint density at radius 1 is 0.774 bits per heavy atom. The monoisotopic (exact) mass is 806 g/mol. The molecule has 5 atom stereocenters. The summed E-state index contributed by atoms with van der Waals surface area (Å²) in [5.74, 6) is 2.91. The van der Waals surface area contributed by atoms with Crippen LogP contribution in [0.15, 0.2) is 198 Å². The van der Waals surface area contributed by atoms with Crippen molar-refractivity contribution in [3.05, 3.63) is 214 Å². The summed E-state index contributed by atoms with van der Waals surface area (Å²) in [6.07, 6.45) is 24.8. The van der Waals surface area contributed by atoms with Gasteiger partial charge < -0.3 is 0 Å². The van der Waals surface area contributed by atoms with Crippen molar-refractivity contribution in [2.75, 3.05) is 0 Å². The molecule has 0 radical (unpaired) electrons. The van der Waals surface area contributed by atoms with Gasteiger partial charge in [-0.15, -0.1) is 0 Å². The lowest BCUT2D eigenvalue weighted by Crippen LogP contribution is -2.41. The normalized spacial score (nSPS) is 24.2. The number of aromatic nitrogens is 2. The second-order valence-corrected chi connectivity index (χ2v) is 18.4. The second-order valence-electron chi connectivity index (χ2n) is 18.4. The van der Waals surface area contributed by atoms with Crippen LogP contribution in [0, 0.1) is 23.7 Å². The molecule has 0 saturated carbocycles. The molecule has 10 rings (SSSR count). The van der Waals surface area contributed by atoms with E-state index in [0.717, 1.165) is 53.8 Å². The second kappa shape index (κ2) is 16.6. The van der Waals surface area contributed by atoms with Gasteiger partial charge in [0.2, 0.25) is 0 Å². The molecule has 0 spiro atoms. The highest BCUT2D eigenvalue weighted by molar-refractivity contribution is 5.91. The first-order valence-corrected chi connectivity index (χ1v) is 23.1. The number of allylic oxidation sites excluding steroid dienone is 12. The van der Waals surface area contributed by atoms with E-state index in [4.69, 9.17) is 4.98 Å². The molecule has 0 saturated heterocycles. The van der Waals surface area contributed by atoms with Crippen LogP contribution < -0.4 is 10.4 Å². The molecule has 308 valence electrons. The summed E-state index contributed by atoms with van der Waals surface area (Å²) in [5.41, 5.74) is 17.0. The van der Waals surface area contributed by atoms with E-state index in [-0.39, 0.29) is 5.41 Å². The number of benzene rings is 5. The Morgan fingerprint density at radius 2 is 1.50 bits per heavy atom. The van der Waals surface area contributed by atoms with Gasteiger partial charge in [0.1, 0.15) is 5.82 Å². The fourth-order valence-electron chi connectivity index (χ4n) is 11.2. The summed E-state index contributed by atoms with van der Waals surface area (Å²) in [6.45, 7) is 12.0. The van der Waals surface area contributed by atoms with E-state index >= 15 is 0 Å². The molecule has 0 N–H and O–H groups in total. The molecule has 0 bridgehead atoms. The molecule has 1 heterocycles. The average molecular weight is 807 g/mol. The van der Waals surface area contributed by atoms with E-state index in [2.05, 4.69) is 215 Å². The van der Waals surface area contributed by atoms with Crippen LogP contribution in [0.3, 0.4) is 0 Å². The zero-order valence-corrected chi connectivity index (χ0v) is 37.0. The fourth-order valence-corrected chi connectivity index (χ4v) is 11.2. The predicted molar refractivity (Wildman–Crippen MR) is 262 cm³/mol. The van der Waals surface area contributed by atoms with Crippen molar-refractivity contribution in [1.29, 1.82) is 0 Å². The summed E-state index contributed by atoms with van der Waals surface area (Å²) in [4.78, 5) is 5.18. The molecule has 0 aliphatic heterocycles. The molecule has 2 nitrogen and oxygen atoms in total. The molecule has 4 aliphatic carbocycles. The van der Waals surface area contributed by atoms with Crippen LogP contribution in [0.25, 0.3) is 50.4 Å². The standard InChI is InChI=1S/C60H58N2/c1-6-48-49(7-2)58(54-25-16-17-36-60(54,5)46-21-10-8-11-22-46)53-39-44(33-35-51(53)57(48)50-34-28-41(4)38-52(50)45-20-18-19-40(3)37-45)42-29-31-43(32-30-42)59-61-55-26-14-15-27-56(55)62(59)47-23-12-9-13-24-47/h7-27,29-35,39-41,48,52H,6,28,36-38H2,1-5H3/b49-7+. The van der Waals surface area contributed by atoms with E-state index < -0.39 is 0 Å².